The van der Waals surface area contributed by atoms with Crippen LogP contribution >= 0.6 is 11.3 Å². The molecule has 4 heteroatoms. The fourth-order valence-electron chi connectivity index (χ4n) is 2.76. The number of nitrogens with zero attached hydrogens (tertiary/aromatic N) is 2. The first-order valence-electron chi connectivity index (χ1n) is 6.89. The average molecular weight is 286 g/mol. The van der Waals surface area contributed by atoms with Crippen molar-refractivity contribution in [1.29, 1.82) is 0 Å². The molecule has 0 saturated carbocycles. The fourth-order valence-corrected chi connectivity index (χ4v) is 3.72. The molecule has 2 heterocycles. The zero-order valence-corrected chi connectivity index (χ0v) is 12.9. The number of aromatic nitrogens is 1. The molecule has 104 valence electrons. The lowest BCUT2D eigenvalue weighted by Gasteiger charge is -2.27. The Morgan fingerprint density at radius 3 is 2.90 bits per heavy atom. The first kappa shape index (κ1) is 13.3. The molecule has 0 atom stereocenters. The molecule has 0 bridgehead atoms. The number of rotatable bonds is 2. The van der Waals surface area contributed by atoms with Gasteiger partial charge in [0, 0.05) is 31.8 Å². The van der Waals surface area contributed by atoms with Crippen molar-refractivity contribution in [2.24, 2.45) is 0 Å². The zero-order chi connectivity index (χ0) is 14.3. The smallest absolute Gasteiger partial charge is 0.171 e. The number of Topliss-reactive ketones (excluding diaryl/α,β-unsaturated/α-hetero) is 1. The van der Waals surface area contributed by atoms with Crippen molar-refractivity contribution in [3.05, 3.63) is 34.3 Å². The van der Waals surface area contributed by atoms with Crippen LogP contribution in [-0.2, 0) is 6.42 Å². The van der Waals surface area contributed by atoms with Crippen LogP contribution in [0.15, 0.2) is 18.2 Å². The topological polar surface area (TPSA) is 33.2 Å². The molecule has 0 unspecified atom stereocenters. The highest BCUT2D eigenvalue weighted by Crippen LogP contribution is 2.33. The molecule has 2 aromatic rings. The molecular weight excluding hydrogens is 268 g/mol. The van der Waals surface area contributed by atoms with Crippen molar-refractivity contribution in [3.63, 3.8) is 0 Å². The predicted octanol–water partition coefficient (Wildman–Crippen LogP) is 3.70. The van der Waals surface area contributed by atoms with Gasteiger partial charge < -0.3 is 4.90 Å². The summed E-state index contributed by atoms with van der Waals surface area (Å²) in [5, 5.41) is 0.948. The standard InChI is InChI=1S/C16H18N2OS/c1-10-15(11(2)19)20-16(17-10)13-6-7-14-12(9-13)5-4-8-18(14)3/h6-7,9H,4-5,8H2,1-3H3. The van der Waals surface area contributed by atoms with Gasteiger partial charge in [-0.2, -0.15) is 0 Å². The highest BCUT2D eigenvalue weighted by atomic mass is 32.1. The third kappa shape index (κ3) is 2.24. The van der Waals surface area contributed by atoms with Crippen molar-refractivity contribution < 1.29 is 4.79 Å². The number of aryl methyl sites for hydroxylation is 2. The van der Waals surface area contributed by atoms with Crippen molar-refractivity contribution in [2.45, 2.75) is 26.7 Å². The van der Waals surface area contributed by atoms with Crippen LogP contribution in [0.3, 0.4) is 0 Å². The zero-order valence-electron chi connectivity index (χ0n) is 12.1. The molecule has 0 saturated heterocycles. The first-order chi connectivity index (χ1) is 9.56. The van der Waals surface area contributed by atoms with Crippen LogP contribution in [0.5, 0.6) is 0 Å². The van der Waals surface area contributed by atoms with E-state index in [0.29, 0.717) is 0 Å². The molecule has 0 radical (unpaired) electrons. The van der Waals surface area contributed by atoms with Gasteiger partial charge >= 0.3 is 0 Å². The maximum Gasteiger partial charge on any atom is 0.171 e. The van der Waals surface area contributed by atoms with E-state index in [9.17, 15) is 4.79 Å². The molecule has 20 heavy (non-hydrogen) atoms. The summed E-state index contributed by atoms with van der Waals surface area (Å²) in [4.78, 5) is 19.2. The number of fused-ring (bicyclic) bond motifs is 1. The number of benzene rings is 1. The minimum atomic E-state index is 0.101. The van der Waals surface area contributed by atoms with Gasteiger partial charge in [0.2, 0.25) is 0 Å². The van der Waals surface area contributed by atoms with E-state index in [4.69, 9.17) is 0 Å². The van der Waals surface area contributed by atoms with Gasteiger partial charge in [-0.25, -0.2) is 4.98 Å². The third-order valence-corrected chi connectivity index (χ3v) is 5.10. The average Bonchev–Trinajstić information content (AvgIpc) is 2.81. The van der Waals surface area contributed by atoms with Crippen molar-refractivity contribution in [1.82, 2.24) is 4.98 Å². The number of carbonyl (C=O) groups excluding carboxylic acids is 1. The van der Waals surface area contributed by atoms with Crippen LogP contribution in [0.2, 0.25) is 0 Å². The molecule has 1 aliphatic heterocycles. The molecule has 3 rings (SSSR count). The Kier molecular flexibility index (Phi) is 3.34. The Morgan fingerprint density at radius 2 is 2.20 bits per heavy atom. The lowest BCUT2D eigenvalue weighted by molar-refractivity contribution is 0.102. The second-order valence-corrected chi connectivity index (χ2v) is 6.36. The maximum atomic E-state index is 11.6. The van der Waals surface area contributed by atoms with Gasteiger partial charge in [-0.15, -0.1) is 11.3 Å². The second kappa shape index (κ2) is 5.02. The Balaban J connectivity index is 2.03. The van der Waals surface area contributed by atoms with Crippen LogP contribution < -0.4 is 4.90 Å². The fraction of sp³-hybridized carbons (Fsp3) is 0.375. The van der Waals surface area contributed by atoms with Crippen molar-refractivity contribution >= 4 is 22.8 Å². The number of anilines is 1. The number of hydrogen-bond donors (Lipinski definition) is 0. The van der Waals surface area contributed by atoms with Crippen molar-refractivity contribution in [3.8, 4) is 10.6 Å². The number of thiazole rings is 1. The highest BCUT2D eigenvalue weighted by Gasteiger charge is 2.17. The van der Waals surface area contributed by atoms with Crippen LogP contribution in [0, 0.1) is 6.92 Å². The Morgan fingerprint density at radius 1 is 1.40 bits per heavy atom. The SMILES string of the molecule is CC(=O)c1sc(-c2ccc3c(c2)CCCN3C)nc1C. The van der Waals surface area contributed by atoms with E-state index in [-0.39, 0.29) is 5.78 Å². The molecular formula is C16H18N2OS. The van der Waals surface area contributed by atoms with Gasteiger partial charge in [0.1, 0.15) is 5.01 Å². The highest BCUT2D eigenvalue weighted by molar-refractivity contribution is 7.17. The van der Waals surface area contributed by atoms with Crippen LogP contribution in [0.1, 0.15) is 34.3 Å². The van der Waals surface area contributed by atoms with Crippen molar-refractivity contribution in [2.75, 3.05) is 18.5 Å². The van der Waals surface area contributed by atoms with E-state index in [1.807, 2.05) is 6.92 Å². The van der Waals surface area contributed by atoms with E-state index in [0.717, 1.165) is 34.1 Å². The lowest BCUT2D eigenvalue weighted by atomic mass is 10.00. The summed E-state index contributed by atoms with van der Waals surface area (Å²) >= 11 is 1.50. The molecule has 0 N–H and O–H groups in total. The molecule has 1 aliphatic rings. The predicted molar refractivity (Wildman–Crippen MR) is 83.9 cm³/mol. The maximum absolute atomic E-state index is 11.6. The Labute approximate surface area is 123 Å². The second-order valence-electron chi connectivity index (χ2n) is 5.36. The Hall–Kier alpha value is -1.68. The molecule has 0 spiro atoms. The van der Waals surface area contributed by atoms with E-state index in [2.05, 4.69) is 35.1 Å². The Bertz CT molecular complexity index is 675. The number of hydrogen-bond acceptors (Lipinski definition) is 4. The molecule has 0 fully saturated rings. The summed E-state index contributed by atoms with van der Waals surface area (Å²) in [6.45, 7) is 4.63. The van der Waals surface area contributed by atoms with Gasteiger partial charge in [-0.3, -0.25) is 4.79 Å². The summed E-state index contributed by atoms with van der Waals surface area (Å²) < 4.78 is 0. The van der Waals surface area contributed by atoms with Crippen LogP contribution in [0.4, 0.5) is 5.69 Å². The molecule has 3 nitrogen and oxygen atoms in total. The monoisotopic (exact) mass is 286 g/mol. The number of carbonyl (C=O) groups is 1. The van der Waals surface area contributed by atoms with Crippen LogP contribution in [0.25, 0.3) is 10.6 Å². The molecule has 1 aromatic heterocycles. The summed E-state index contributed by atoms with van der Waals surface area (Å²) in [6.07, 6.45) is 2.32. The van der Waals surface area contributed by atoms with Gasteiger partial charge in [0.15, 0.2) is 5.78 Å². The van der Waals surface area contributed by atoms with Gasteiger partial charge in [0.05, 0.1) is 10.6 Å². The normalized spacial score (nSPS) is 14.2. The van der Waals surface area contributed by atoms with Gasteiger partial charge in [0.25, 0.3) is 0 Å². The number of ketones is 1. The summed E-state index contributed by atoms with van der Waals surface area (Å²) in [5.74, 6) is 0.101. The molecule has 0 aliphatic carbocycles. The minimum Gasteiger partial charge on any atom is -0.374 e. The van der Waals surface area contributed by atoms with Gasteiger partial charge in [-0.1, -0.05) is 0 Å². The van der Waals surface area contributed by atoms with E-state index in [1.54, 1.807) is 6.92 Å². The quantitative estimate of drug-likeness (QED) is 0.789. The van der Waals surface area contributed by atoms with Gasteiger partial charge in [-0.05, 0) is 43.5 Å². The molecule has 1 aromatic carbocycles. The summed E-state index contributed by atoms with van der Waals surface area (Å²) in [6, 6.07) is 6.52. The lowest BCUT2D eigenvalue weighted by Crippen LogP contribution is -2.24. The largest absolute Gasteiger partial charge is 0.374 e. The molecule has 0 amide bonds. The van der Waals surface area contributed by atoms with E-state index < -0.39 is 0 Å². The third-order valence-electron chi connectivity index (χ3n) is 3.79. The first-order valence-corrected chi connectivity index (χ1v) is 7.70. The van der Waals surface area contributed by atoms with Crippen LogP contribution in [-0.4, -0.2) is 24.4 Å². The summed E-state index contributed by atoms with van der Waals surface area (Å²) in [5.41, 5.74) is 4.67. The summed E-state index contributed by atoms with van der Waals surface area (Å²) in [7, 11) is 2.14. The van der Waals surface area contributed by atoms with E-state index >= 15 is 0 Å². The minimum absolute atomic E-state index is 0.101. The van der Waals surface area contributed by atoms with E-state index in [1.165, 1.54) is 29.0 Å².